The highest BCUT2D eigenvalue weighted by molar-refractivity contribution is 6.01. The summed E-state index contributed by atoms with van der Waals surface area (Å²) in [6.45, 7) is 3.14. The van der Waals surface area contributed by atoms with Gasteiger partial charge in [-0.25, -0.2) is 4.79 Å². The molecule has 6 nitrogen and oxygen atoms in total. The molecule has 0 aliphatic heterocycles. The summed E-state index contributed by atoms with van der Waals surface area (Å²) in [6, 6.07) is 7.25. The molecule has 0 fully saturated rings. The molecule has 1 N–H and O–H groups in total. The Balaban J connectivity index is 2.52. The lowest BCUT2D eigenvalue weighted by atomic mass is 10.0. The van der Waals surface area contributed by atoms with Gasteiger partial charge >= 0.3 is 5.97 Å². The van der Waals surface area contributed by atoms with Crippen molar-refractivity contribution in [3.63, 3.8) is 0 Å². The largest absolute Gasteiger partial charge is 0.480 e. The van der Waals surface area contributed by atoms with Gasteiger partial charge in [-0.05, 0) is 19.9 Å². The third-order valence-corrected chi connectivity index (χ3v) is 3.85. The highest BCUT2D eigenvalue weighted by atomic mass is 16.5. The standard InChI is InChI=1S/C16H19NO5/c1-16(2,15(19)20)17(3)14(18)13-11(9-21-4)10-7-5-6-8-12(10)22-13/h5-8H,9H2,1-4H3,(H,19,20). The van der Waals surface area contributed by atoms with Crippen molar-refractivity contribution < 1.29 is 23.8 Å². The van der Waals surface area contributed by atoms with Gasteiger partial charge in [0.2, 0.25) is 0 Å². The summed E-state index contributed by atoms with van der Waals surface area (Å²) in [6.07, 6.45) is 0. The molecule has 1 aromatic heterocycles. The summed E-state index contributed by atoms with van der Waals surface area (Å²) in [5, 5.41) is 10.1. The van der Waals surface area contributed by atoms with E-state index in [1.807, 2.05) is 18.2 Å². The van der Waals surface area contributed by atoms with Gasteiger partial charge in [0.1, 0.15) is 11.1 Å². The van der Waals surface area contributed by atoms with Crippen molar-refractivity contribution in [2.24, 2.45) is 0 Å². The lowest BCUT2D eigenvalue weighted by molar-refractivity contribution is -0.147. The van der Waals surface area contributed by atoms with Crippen LogP contribution in [0.5, 0.6) is 0 Å². The average molecular weight is 305 g/mol. The minimum absolute atomic E-state index is 0.111. The first-order chi connectivity index (χ1) is 10.3. The minimum atomic E-state index is -1.35. The van der Waals surface area contributed by atoms with Gasteiger partial charge in [-0.3, -0.25) is 4.79 Å². The van der Waals surface area contributed by atoms with Gasteiger partial charge in [-0.15, -0.1) is 0 Å². The first-order valence-electron chi connectivity index (χ1n) is 6.81. The molecule has 0 atom stereocenters. The Bertz CT molecular complexity index is 716. The summed E-state index contributed by atoms with van der Waals surface area (Å²) in [7, 11) is 2.97. The van der Waals surface area contributed by atoms with Gasteiger partial charge in [-0.2, -0.15) is 0 Å². The number of methoxy groups -OCH3 is 1. The van der Waals surface area contributed by atoms with Crippen LogP contribution in [-0.2, 0) is 16.1 Å². The number of nitrogens with zero attached hydrogens (tertiary/aromatic N) is 1. The molecule has 1 heterocycles. The van der Waals surface area contributed by atoms with Gasteiger partial charge in [0.25, 0.3) is 5.91 Å². The minimum Gasteiger partial charge on any atom is -0.480 e. The molecule has 6 heteroatoms. The van der Waals surface area contributed by atoms with Crippen LogP contribution in [0.1, 0.15) is 30.0 Å². The zero-order valence-electron chi connectivity index (χ0n) is 13.0. The van der Waals surface area contributed by atoms with E-state index in [2.05, 4.69) is 0 Å². The fourth-order valence-corrected chi connectivity index (χ4v) is 2.11. The molecule has 22 heavy (non-hydrogen) atoms. The zero-order valence-corrected chi connectivity index (χ0v) is 13.0. The predicted octanol–water partition coefficient (Wildman–Crippen LogP) is 2.51. The second-order valence-electron chi connectivity index (χ2n) is 5.57. The lowest BCUT2D eigenvalue weighted by Crippen LogP contribution is -2.50. The van der Waals surface area contributed by atoms with E-state index in [4.69, 9.17) is 9.15 Å². The molecule has 0 radical (unpaired) electrons. The second-order valence-corrected chi connectivity index (χ2v) is 5.57. The third kappa shape index (κ3) is 2.57. The van der Waals surface area contributed by atoms with Crippen LogP contribution < -0.4 is 0 Å². The number of carbonyl (C=O) groups excluding carboxylic acids is 1. The number of benzene rings is 1. The fraction of sp³-hybridized carbons (Fsp3) is 0.375. The molecule has 118 valence electrons. The number of likely N-dealkylation sites (N-methyl/N-ethyl adjacent to an activating group) is 1. The van der Waals surface area contributed by atoms with E-state index in [0.717, 1.165) is 10.3 Å². The van der Waals surface area contributed by atoms with Crippen molar-refractivity contribution in [2.45, 2.75) is 26.0 Å². The van der Waals surface area contributed by atoms with E-state index >= 15 is 0 Å². The number of hydrogen-bond donors (Lipinski definition) is 1. The van der Waals surface area contributed by atoms with Crippen LogP contribution in [0.4, 0.5) is 0 Å². The van der Waals surface area contributed by atoms with Crippen LogP contribution in [0.2, 0.25) is 0 Å². The number of furan rings is 1. The van der Waals surface area contributed by atoms with Crippen LogP contribution in [-0.4, -0.2) is 41.6 Å². The van der Waals surface area contributed by atoms with Crippen molar-refractivity contribution in [3.05, 3.63) is 35.6 Å². The quantitative estimate of drug-likeness (QED) is 0.918. The smallest absolute Gasteiger partial charge is 0.329 e. The van der Waals surface area contributed by atoms with Crippen LogP contribution in [0.25, 0.3) is 11.0 Å². The molecular weight excluding hydrogens is 286 g/mol. The first kappa shape index (κ1) is 16.0. The van der Waals surface area contributed by atoms with Crippen molar-refractivity contribution in [2.75, 3.05) is 14.2 Å². The van der Waals surface area contributed by atoms with Crippen LogP contribution in [0.15, 0.2) is 28.7 Å². The van der Waals surface area contributed by atoms with Crippen LogP contribution in [0.3, 0.4) is 0 Å². The molecule has 2 rings (SSSR count). The SMILES string of the molecule is COCc1c(C(=O)N(C)C(C)(C)C(=O)O)oc2ccccc12. The molecular formula is C16H19NO5. The van der Waals surface area contributed by atoms with Gasteiger partial charge in [0, 0.05) is 25.1 Å². The van der Waals surface area contributed by atoms with Gasteiger partial charge < -0.3 is 19.2 Å². The van der Waals surface area contributed by atoms with E-state index < -0.39 is 17.4 Å². The predicted molar refractivity (Wildman–Crippen MR) is 80.7 cm³/mol. The van der Waals surface area contributed by atoms with Crippen LogP contribution in [0, 0.1) is 0 Å². The number of ether oxygens (including phenoxy) is 1. The van der Waals surface area contributed by atoms with Gasteiger partial charge in [-0.1, -0.05) is 18.2 Å². The fourth-order valence-electron chi connectivity index (χ4n) is 2.11. The van der Waals surface area contributed by atoms with E-state index in [9.17, 15) is 14.7 Å². The van der Waals surface area contributed by atoms with Crippen LogP contribution >= 0.6 is 0 Å². The van der Waals surface area contributed by atoms with E-state index in [1.165, 1.54) is 28.0 Å². The molecule has 0 saturated carbocycles. The van der Waals surface area contributed by atoms with Crippen molar-refractivity contribution in [1.29, 1.82) is 0 Å². The highest BCUT2D eigenvalue weighted by Crippen LogP contribution is 2.28. The molecule has 0 unspecified atom stereocenters. The number of hydrogen-bond acceptors (Lipinski definition) is 4. The average Bonchev–Trinajstić information content (AvgIpc) is 2.85. The van der Waals surface area contributed by atoms with Gasteiger partial charge in [0.05, 0.1) is 6.61 Å². The van der Waals surface area contributed by atoms with E-state index in [1.54, 1.807) is 6.07 Å². The molecule has 1 aromatic carbocycles. The molecule has 0 spiro atoms. The number of rotatable bonds is 5. The molecule has 0 bridgehead atoms. The monoisotopic (exact) mass is 305 g/mol. The highest BCUT2D eigenvalue weighted by Gasteiger charge is 2.37. The number of carboxylic acid groups (broad SMARTS) is 1. The molecule has 0 aliphatic carbocycles. The molecule has 1 amide bonds. The zero-order chi connectivity index (χ0) is 16.5. The van der Waals surface area contributed by atoms with Crippen molar-refractivity contribution >= 4 is 22.8 Å². The summed E-state index contributed by atoms with van der Waals surface area (Å²) in [5.41, 5.74) is -0.156. The maximum Gasteiger partial charge on any atom is 0.329 e. The second kappa shape index (κ2) is 5.81. The number of para-hydroxylation sites is 1. The normalized spacial score (nSPS) is 11.6. The summed E-state index contributed by atoms with van der Waals surface area (Å²) in [4.78, 5) is 25.2. The summed E-state index contributed by atoms with van der Waals surface area (Å²) >= 11 is 0. The Morgan fingerprint density at radius 1 is 1.32 bits per heavy atom. The molecule has 0 saturated heterocycles. The summed E-state index contributed by atoms with van der Waals surface area (Å²) < 4.78 is 10.8. The molecule has 2 aromatic rings. The third-order valence-electron chi connectivity index (χ3n) is 3.85. The first-order valence-corrected chi connectivity index (χ1v) is 6.81. The Kier molecular flexibility index (Phi) is 4.23. The Hall–Kier alpha value is -2.34. The maximum absolute atomic E-state index is 12.7. The number of carboxylic acids is 1. The number of carbonyl (C=O) groups is 2. The molecule has 0 aliphatic rings. The number of amides is 1. The van der Waals surface area contributed by atoms with E-state index in [0.29, 0.717) is 11.1 Å². The number of aliphatic carboxylic acids is 1. The van der Waals surface area contributed by atoms with Crippen molar-refractivity contribution in [1.82, 2.24) is 4.90 Å². The summed E-state index contributed by atoms with van der Waals surface area (Å²) in [5.74, 6) is -1.47. The Morgan fingerprint density at radius 3 is 2.55 bits per heavy atom. The van der Waals surface area contributed by atoms with Gasteiger partial charge in [0.15, 0.2) is 5.76 Å². The lowest BCUT2D eigenvalue weighted by Gasteiger charge is -2.31. The van der Waals surface area contributed by atoms with Crippen molar-refractivity contribution in [3.8, 4) is 0 Å². The maximum atomic E-state index is 12.7. The number of fused-ring (bicyclic) bond motifs is 1. The van der Waals surface area contributed by atoms with E-state index in [-0.39, 0.29) is 12.4 Å². The topological polar surface area (TPSA) is 80.0 Å². The Labute approximate surface area is 128 Å². The Morgan fingerprint density at radius 2 is 1.95 bits per heavy atom.